The number of carbonyl (C=O) groups excluding carboxylic acids is 2. The fourth-order valence-electron chi connectivity index (χ4n) is 3.10. The van der Waals surface area contributed by atoms with Crippen LogP contribution in [0.3, 0.4) is 0 Å². The molecule has 0 radical (unpaired) electrons. The highest BCUT2D eigenvalue weighted by Crippen LogP contribution is 2.17. The lowest BCUT2D eigenvalue weighted by Gasteiger charge is -2.31. The molecule has 1 atom stereocenters. The van der Waals surface area contributed by atoms with Crippen molar-refractivity contribution in [1.29, 1.82) is 0 Å². The van der Waals surface area contributed by atoms with Gasteiger partial charge in [-0.3, -0.25) is 9.59 Å². The number of thioether (sulfide) groups is 1. The molecular formula is C24H32N2O2S. The molecule has 29 heavy (non-hydrogen) atoms. The molecule has 2 aromatic carbocycles. The Bertz CT molecular complexity index is 775. The van der Waals surface area contributed by atoms with Crippen LogP contribution in [0.1, 0.15) is 43.9 Å². The van der Waals surface area contributed by atoms with Gasteiger partial charge in [0, 0.05) is 18.3 Å². The predicted molar refractivity (Wildman–Crippen MR) is 122 cm³/mol. The van der Waals surface area contributed by atoms with Gasteiger partial charge in [0.1, 0.15) is 6.04 Å². The summed E-state index contributed by atoms with van der Waals surface area (Å²) in [6.07, 6.45) is 0.583. The first-order valence-electron chi connectivity index (χ1n) is 10.2. The maximum Gasteiger partial charge on any atom is 0.243 e. The highest BCUT2D eigenvalue weighted by atomic mass is 32.2. The molecule has 4 nitrogen and oxygen atoms in total. The Morgan fingerprint density at radius 3 is 2.24 bits per heavy atom. The molecule has 0 bridgehead atoms. The van der Waals surface area contributed by atoms with E-state index in [0.717, 1.165) is 11.3 Å². The van der Waals surface area contributed by atoms with Gasteiger partial charge in [0.05, 0.1) is 5.75 Å². The highest BCUT2D eigenvalue weighted by molar-refractivity contribution is 7.99. The van der Waals surface area contributed by atoms with Gasteiger partial charge in [0.15, 0.2) is 0 Å². The van der Waals surface area contributed by atoms with Crippen molar-refractivity contribution in [3.05, 3.63) is 71.3 Å². The van der Waals surface area contributed by atoms with Crippen molar-refractivity contribution in [2.45, 2.75) is 58.5 Å². The van der Waals surface area contributed by atoms with Crippen molar-refractivity contribution in [2.75, 3.05) is 5.75 Å². The second-order valence-corrected chi connectivity index (χ2v) is 8.56. The van der Waals surface area contributed by atoms with Gasteiger partial charge in [0.2, 0.25) is 11.8 Å². The van der Waals surface area contributed by atoms with E-state index < -0.39 is 6.04 Å². The van der Waals surface area contributed by atoms with E-state index in [0.29, 0.717) is 18.7 Å². The quantitative estimate of drug-likeness (QED) is 0.622. The van der Waals surface area contributed by atoms with Gasteiger partial charge in [-0.25, -0.2) is 0 Å². The van der Waals surface area contributed by atoms with Crippen molar-refractivity contribution in [3.63, 3.8) is 0 Å². The molecule has 2 amide bonds. The van der Waals surface area contributed by atoms with Gasteiger partial charge in [-0.05, 0) is 38.3 Å². The molecule has 0 aliphatic rings. The molecule has 1 N–H and O–H groups in total. The average molecular weight is 413 g/mol. The number of carbonyl (C=O) groups is 2. The molecule has 2 aromatic rings. The Balaban J connectivity index is 2.11. The van der Waals surface area contributed by atoms with Gasteiger partial charge in [-0.1, -0.05) is 67.1 Å². The second-order valence-electron chi connectivity index (χ2n) is 7.57. The largest absolute Gasteiger partial charge is 0.352 e. The third-order valence-electron chi connectivity index (χ3n) is 4.63. The van der Waals surface area contributed by atoms with Crippen LogP contribution in [0.25, 0.3) is 0 Å². The number of nitrogens with zero attached hydrogens (tertiary/aromatic N) is 1. The Hall–Kier alpha value is -2.27. The van der Waals surface area contributed by atoms with Crippen LogP contribution in [-0.2, 0) is 21.9 Å². The summed E-state index contributed by atoms with van der Waals surface area (Å²) in [6.45, 7) is 8.31. The smallest absolute Gasteiger partial charge is 0.243 e. The Kier molecular flexibility index (Phi) is 9.26. The highest BCUT2D eigenvalue weighted by Gasteiger charge is 2.28. The lowest BCUT2D eigenvalue weighted by Crippen LogP contribution is -2.50. The van der Waals surface area contributed by atoms with Crippen molar-refractivity contribution in [2.24, 2.45) is 0 Å². The monoisotopic (exact) mass is 412 g/mol. The molecule has 0 spiro atoms. The molecule has 0 heterocycles. The van der Waals surface area contributed by atoms with Crippen LogP contribution in [0.15, 0.2) is 54.6 Å². The zero-order chi connectivity index (χ0) is 21.2. The van der Waals surface area contributed by atoms with Crippen molar-refractivity contribution in [3.8, 4) is 0 Å². The number of aryl methyl sites for hydroxylation is 1. The maximum absolute atomic E-state index is 13.1. The summed E-state index contributed by atoms with van der Waals surface area (Å²) in [5, 5.41) is 2.97. The molecule has 0 aromatic heterocycles. The van der Waals surface area contributed by atoms with E-state index in [-0.39, 0.29) is 17.9 Å². The van der Waals surface area contributed by atoms with E-state index in [1.165, 1.54) is 11.1 Å². The number of nitrogens with one attached hydrogen (secondary N) is 1. The molecule has 0 saturated heterocycles. The predicted octanol–water partition coefficient (Wildman–Crippen LogP) is 4.56. The molecule has 0 fully saturated rings. The molecule has 156 valence electrons. The zero-order valence-corrected chi connectivity index (χ0v) is 18.7. The van der Waals surface area contributed by atoms with Gasteiger partial charge in [0.25, 0.3) is 0 Å². The summed E-state index contributed by atoms with van der Waals surface area (Å²) < 4.78 is 0. The second kappa shape index (κ2) is 11.7. The lowest BCUT2D eigenvalue weighted by molar-refractivity contribution is -0.139. The summed E-state index contributed by atoms with van der Waals surface area (Å²) in [6, 6.07) is 17.8. The van der Waals surface area contributed by atoms with Crippen LogP contribution >= 0.6 is 11.8 Å². The number of amides is 2. The summed E-state index contributed by atoms with van der Waals surface area (Å²) in [5.41, 5.74) is 3.41. The molecule has 0 saturated carbocycles. The molecule has 2 rings (SSSR count). The Morgan fingerprint density at radius 2 is 1.66 bits per heavy atom. The number of hydrogen-bond donors (Lipinski definition) is 1. The SMILES string of the molecule is CC[C@@H](C(=O)NC(C)C)N(Cc1ccc(C)cc1)C(=O)CSCc1ccccc1. The summed E-state index contributed by atoms with van der Waals surface area (Å²) >= 11 is 1.59. The minimum Gasteiger partial charge on any atom is -0.352 e. The minimum absolute atomic E-state index is 0.00253. The minimum atomic E-state index is -0.469. The van der Waals surface area contributed by atoms with Crippen LogP contribution < -0.4 is 5.32 Å². The van der Waals surface area contributed by atoms with E-state index >= 15 is 0 Å². The number of benzene rings is 2. The van der Waals surface area contributed by atoms with Crippen molar-refractivity contribution >= 4 is 23.6 Å². The summed E-state index contributed by atoms with van der Waals surface area (Å²) in [5.74, 6) is 1.04. The van der Waals surface area contributed by atoms with Crippen LogP contribution in [-0.4, -0.2) is 34.6 Å². The van der Waals surface area contributed by atoms with Crippen LogP contribution in [0.2, 0.25) is 0 Å². The summed E-state index contributed by atoms with van der Waals surface area (Å²) in [7, 11) is 0. The van der Waals surface area contributed by atoms with Crippen molar-refractivity contribution < 1.29 is 9.59 Å². The van der Waals surface area contributed by atoms with Crippen molar-refractivity contribution in [1.82, 2.24) is 10.2 Å². The maximum atomic E-state index is 13.1. The first-order chi connectivity index (χ1) is 13.9. The average Bonchev–Trinajstić information content (AvgIpc) is 2.69. The van der Waals surface area contributed by atoms with E-state index in [9.17, 15) is 9.59 Å². The third kappa shape index (κ3) is 7.58. The van der Waals surface area contributed by atoms with E-state index in [4.69, 9.17) is 0 Å². The number of rotatable bonds is 10. The van der Waals surface area contributed by atoms with Crippen LogP contribution in [0.5, 0.6) is 0 Å². The molecular weight excluding hydrogens is 380 g/mol. The number of hydrogen-bond acceptors (Lipinski definition) is 3. The standard InChI is InChI=1S/C24H32N2O2S/c1-5-22(24(28)25-18(2)3)26(15-20-13-11-19(4)12-14-20)23(27)17-29-16-21-9-7-6-8-10-21/h6-14,18,22H,5,15-17H2,1-4H3,(H,25,28)/t22-/m0/s1. The first-order valence-corrected chi connectivity index (χ1v) is 11.3. The van der Waals surface area contributed by atoms with E-state index in [2.05, 4.69) is 17.4 Å². The normalized spacial score (nSPS) is 11.9. The van der Waals surface area contributed by atoms with Gasteiger partial charge < -0.3 is 10.2 Å². The fraction of sp³-hybridized carbons (Fsp3) is 0.417. The van der Waals surface area contributed by atoms with Crippen LogP contribution in [0, 0.1) is 6.92 Å². The van der Waals surface area contributed by atoms with Crippen LogP contribution in [0.4, 0.5) is 0 Å². The van der Waals surface area contributed by atoms with Gasteiger partial charge in [-0.15, -0.1) is 11.8 Å². The molecule has 0 unspecified atom stereocenters. The Morgan fingerprint density at radius 1 is 1.00 bits per heavy atom. The topological polar surface area (TPSA) is 49.4 Å². The lowest BCUT2D eigenvalue weighted by atomic mass is 10.1. The molecule has 0 aliphatic carbocycles. The summed E-state index contributed by atoms with van der Waals surface area (Å²) in [4.78, 5) is 27.6. The third-order valence-corrected chi connectivity index (χ3v) is 5.62. The fourth-order valence-corrected chi connectivity index (χ4v) is 3.97. The molecule has 5 heteroatoms. The Labute approximate surface area is 179 Å². The van der Waals surface area contributed by atoms with Gasteiger partial charge in [-0.2, -0.15) is 0 Å². The van der Waals surface area contributed by atoms with E-state index in [1.54, 1.807) is 16.7 Å². The van der Waals surface area contributed by atoms with Gasteiger partial charge >= 0.3 is 0 Å². The molecule has 0 aliphatic heterocycles. The zero-order valence-electron chi connectivity index (χ0n) is 17.9. The van der Waals surface area contributed by atoms with E-state index in [1.807, 2.05) is 70.2 Å². The first kappa shape index (κ1) is 23.0.